The van der Waals surface area contributed by atoms with Crippen molar-refractivity contribution < 1.29 is 4.39 Å². The summed E-state index contributed by atoms with van der Waals surface area (Å²) < 4.78 is 13.5. The zero-order chi connectivity index (χ0) is 9.26. The zero-order valence-electron chi connectivity index (χ0n) is 7.81. The summed E-state index contributed by atoms with van der Waals surface area (Å²) in [5, 5.41) is 3.33. The number of benzene rings is 1. The van der Waals surface area contributed by atoms with E-state index in [1.165, 1.54) is 5.56 Å². The van der Waals surface area contributed by atoms with Crippen LogP contribution in [0.15, 0.2) is 18.2 Å². The highest BCUT2D eigenvalue weighted by molar-refractivity contribution is 5.33. The van der Waals surface area contributed by atoms with Gasteiger partial charge in [0, 0.05) is 11.6 Å². The van der Waals surface area contributed by atoms with E-state index in [0.29, 0.717) is 0 Å². The third-order valence-electron chi connectivity index (χ3n) is 2.69. The molecule has 0 radical (unpaired) electrons. The Morgan fingerprint density at radius 2 is 2.38 bits per heavy atom. The highest BCUT2D eigenvalue weighted by Crippen LogP contribution is 2.27. The Bertz CT molecular complexity index is 309. The van der Waals surface area contributed by atoms with Crippen molar-refractivity contribution in [1.82, 2.24) is 5.32 Å². The minimum atomic E-state index is -0.0587. The van der Waals surface area contributed by atoms with E-state index in [-0.39, 0.29) is 11.9 Å². The van der Waals surface area contributed by atoms with Crippen LogP contribution in [0.3, 0.4) is 0 Å². The van der Waals surface area contributed by atoms with Gasteiger partial charge < -0.3 is 5.32 Å². The van der Waals surface area contributed by atoms with Gasteiger partial charge in [0.25, 0.3) is 0 Å². The molecule has 0 spiro atoms. The first-order valence-electron chi connectivity index (χ1n) is 4.83. The first-order chi connectivity index (χ1) is 6.33. The molecule has 1 N–H and O–H groups in total. The highest BCUT2D eigenvalue weighted by Gasteiger charge is 2.20. The molecule has 0 fully saturated rings. The second-order valence-electron chi connectivity index (χ2n) is 3.48. The molecule has 1 aromatic carbocycles. The highest BCUT2D eigenvalue weighted by atomic mass is 19.1. The summed E-state index contributed by atoms with van der Waals surface area (Å²) in [7, 11) is 0. The summed E-state index contributed by atoms with van der Waals surface area (Å²) in [4.78, 5) is 0. The van der Waals surface area contributed by atoms with Gasteiger partial charge >= 0.3 is 0 Å². The lowest BCUT2D eigenvalue weighted by molar-refractivity contribution is 0.462. The molecule has 0 saturated heterocycles. The van der Waals surface area contributed by atoms with Gasteiger partial charge in [-0.1, -0.05) is 19.1 Å². The Hall–Kier alpha value is -0.890. The Morgan fingerprint density at radius 1 is 1.54 bits per heavy atom. The van der Waals surface area contributed by atoms with Crippen molar-refractivity contribution in [3.05, 3.63) is 35.1 Å². The number of fused-ring (bicyclic) bond motifs is 1. The van der Waals surface area contributed by atoms with E-state index in [2.05, 4.69) is 12.2 Å². The second-order valence-corrected chi connectivity index (χ2v) is 3.48. The molecule has 0 bridgehead atoms. The van der Waals surface area contributed by atoms with Crippen LogP contribution in [0.5, 0.6) is 0 Å². The lowest BCUT2D eigenvalue weighted by atomic mass is 9.92. The van der Waals surface area contributed by atoms with Gasteiger partial charge in [-0.15, -0.1) is 0 Å². The maximum Gasteiger partial charge on any atom is 0.128 e. The van der Waals surface area contributed by atoms with E-state index in [4.69, 9.17) is 0 Å². The minimum Gasteiger partial charge on any atom is -0.310 e. The van der Waals surface area contributed by atoms with Crippen LogP contribution in [0.4, 0.5) is 4.39 Å². The van der Waals surface area contributed by atoms with E-state index in [9.17, 15) is 4.39 Å². The van der Waals surface area contributed by atoms with Crippen molar-refractivity contribution in [2.75, 3.05) is 6.54 Å². The third-order valence-corrected chi connectivity index (χ3v) is 2.69. The fourth-order valence-electron chi connectivity index (χ4n) is 2.02. The van der Waals surface area contributed by atoms with Crippen LogP contribution < -0.4 is 5.32 Å². The summed E-state index contributed by atoms with van der Waals surface area (Å²) in [6.07, 6.45) is 1.90. The molecule has 1 aliphatic rings. The van der Waals surface area contributed by atoms with Crippen LogP contribution >= 0.6 is 0 Å². The predicted molar refractivity (Wildman–Crippen MR) is 51.1 cm³/mol. The van der Waals surface area contributed by atoms with Gasteiger partial charge in [-0.3, -0.25) is 0 Å². The van der Waals surface area contributed by atoms with E-state index in [1.807, 2.05) is 6.07 Å². The summed E-state index contributed by atoms with van der Waals surface area (Å²) in [6, 6.07) is 5.59. The van der Waals surface area contributed by atoms with Crippen molar-refractivity contribution in [2.24, 2.45) is 0 Å². The molecule has 1 nitrogen and oxygen atoms in total. The molecule has 1 aromatic rings. The van der Waals surface area contributed by atoms with Gasteiger partial charge in [0.1, 0.15) is 5.82 Å². The van der Waals surface area contributed by atoms with Crippen LogP contribution in [-0.4, -0.2) is 6.54 Å². The lowest BCUT2D eigenvalue weighted by Crippen LogP contribution is -2.30. The molecule has 1 heterocycles. The van der Waals surface area contributed by atoms with Crippen LogP contribution in [0, 0.1) is 5.82 Å². The van der Waals surface area contributed by atoms with E-state index in [0.717, 1.165) is 24.9 Å². The topological polar surface area (TPSA) is 12.0 Å². The van der Waals surface area contributed by atoms with Crippen molar-refractivity contribution in [1.29, 1.82) is 0 Å². The molecule has 0 aromatic heterocycles. The van der Waals surface area contributed by atoms with Gasteiger partial charge in [-0.05, 0) is 31.0 Å². The average Bonchev–Trinajstić information content (AvgIpc) is 2.17. The molecular formula is C11H14FN. The quantitative estimate of drug-likeness (QED) is 0.698. The van der Waals surface area contributed by atoms with E-state index < -0.39 is 0 Å². The monoisotopic (exact) mass is 179 g/mol. The third kappa shape index (κ3) is 1.46. The molecule has 0 amide bonds. The molecule has 1 unspecified atom stereocenters. The fraction of sp³-hybridized carbons (Fsp3) is 0.455. The van der Waals surface area contributed by atoms with Gasteiger partial charge in [-0.2, -0.15) is 0 Å². The van der Waals surface area contributed by atoms with Gasteiger partial charge in [0.15, 0.2) is 0 Å². The Kier molecular flexibility index (Phi) is 2.32. The SMILES string of the molecule is CCC1NCCc2cccc(F)c21. The number of hydrogen-bond donors (Lipinski definition) is 1. The van der Waals surface area contributed by atoms with Gasteiger partial charge in [0.2, 0.25) is 0 Å². The molecule has 0 saturated carbocycles. The maximum absolute atomic E-state index is 13.5. The van der Waals surface area contributed by atoms with Gasteiger partial charge in [-0.25, -0.2) is 4.39 Å². The minimum absolute atomic E-state index is 0.0587. The lowest BCUT2D eigenvalue weighted by Gasteiger charge is -2.26. The molecule has 1 atom stereocenters. The number of halogens is 1. The van der Waals surface area contributed by atoms with Crippen molar-refractivity contribution in [2.45, 2.75) is 25.8 Å². The molecule has 70 valence electrons. The Morgan fingerprint density at radius 3 is 3.15 bits per heavy atom. The van der Waals surface area contributed by atoms with E-state index in [1.54, 1.807) is 12.1 Å². The molecule has 13 heavy (non-hydrogen) atoms. The predicted octanol–water partition coefficient (Wildman–Crippen LogP) is 2.42. The molecule has 0 aliphatic carbocycles. The average molecular weight is 179 g/mol. The van der Waals surface area contributed by atoms with Gasteiger partial charge in [0.05, 0.1) is 0 Å². The first-order valence-corrected chi connectivity index (χ1v) is 4.83. The van der Waals surface area contributed by atoms with Crippen LogP contribution in [-0.2, 0) is 6.42 Å². The normalized spacial score (nSPS) is 21.2. The summed E-state index contributed by atoms with van der Waals surface area (Å²) in [5.74, 6) is -0.0587. The van der Waals surface area contributed by atoms with Crippen LogP contribution in [0.1, 0.15) is 30.5 Å². The van der Waals surface area contributed by atoms with E-state index >= 15 is 0 Å². The summed E-state index contributed by atoms with van der Waals surface area (Å²) >= 11 is 0. The van der Waals surface area contributed by atoms with Crippen molar-refractivity contribution >= 4 is 0 Å². The summed E-state index contributed by atoms with van der Waals surface area (Å²) in [5.41, 5.74) is 2.06. The zero-order valence-corrected chi connectivity index (χ0v) is 7.81. The Labute approximate surface area is 78.0 Å². The largest absolute Gasteiger partial charge is 0.310 e. The van der Waals surface area contributed by atoms with Crippen LogP contribution in [0.2, 0.25) is 0 Å². The second kappa shape index (κ2) is 3.46. The number of nitrogens with one attached hydrogen (secondary N) is 1. The van der Waals surface area contributed by atoms with Crippen LogP contribution in [0.25, 0.3) is 0 Å². The number of rotatable bonds is 1. The molecular weight excluding hydrogens is 165 g/mol. The first kappa shape index (κ1) is 8.70. The summed E-state index contributed by atoms with van der Waals surface area (Å²) in [6.45, 7) is 3.05. The van der Waals surface area contributed by atoms with Crippen molar-refractivity contribution in [3.8, 4) is 0 Å². The smallest absolute Gasteiger partial charge is 0.128 e. The standard InChI is InChI=1S/C11H14FN/c1-2-10-11-8(6-7-13-10)4-3-5-9(11)12/h3-5,10,13H,2,6-7H2,1H3. The molecule has 1 aliphatic heterocycles. The number of hydrogen-bond acceptors (Lipinski definition) is 1. The van der Waals surface area contributed by atoms with Crippen molar-refractivity contribution in [3.63, 3.8) is 0 Å². The fourth-order valence-corrected chi connectivity index (χ4v) is 2.02. The Balaban J connectivity index is 2.47. The molecule has 2 rings (SSSR count). The molecule has 2 heteroatoms. The maximum atomic E-state index is 13.5.